The van der Waals surface area contributed by atoms with E-state index in [2.05, 4.69) is 25.8 Å². The highest BCUT2D eigenvalue weighted by Gasteiger charge is 2.42. The van der Waals surface area contributed by atoms with Crippen LogP contribution in [0.4, 0.5) is 0 Å². The van der Waals surface area contributed by atoms with E-state index in [4.69, 9.17) is 0 Å². The molecule has 1 aliphatic rings. The molecule has 2 unspecified atom stereocenters. The second-order valence-corrected chi connectivity index (χ2v) is 6.23. The molecular formula is C15H29NO2. The maximum atomic E-state index is 11.7. The molecule has 3 heteroatoms. The van der Waals surface area contributed by atoms with E-state index in [0.29, 0.717) is 5.92 Å². The van der Waals surface area contributed by atoms with E-state index in [1.165, 1.54) is 25.7 Å². The maximum Gasteiger partial charge on any atom is 0.310 e. The molecule has 0 aromatic carbocycles. The maximum absolute atomic E-state index is 11.7. The van der Waals surface area contributed by atoms with Gasteiger partial charge < -0.3 is 10.0 Å². The minimum absolute atomic E-state index is 0.487. The van der Waals surface area contributed by atoms with Crippen molar-refractivity contribution in [3.05, 3.63) is 0 Å². The molecule has 1 rings (SSSR count). The average Bonchev–Trinajstić information content (AvgIpc) is 2.29. The standard InChI is InChI=1S/C15H29NO2/c1-4-5-6-10-16(3)12-15(14(17)18)9-7-8-13(2)11-15/h13H,4-12H2,1-3H3,(H,17,18). The lowest BCUT2D eigenvalue weighted by atomic mass is 9.69. The SMILES string of the molecule is CCCCCN(C)CC1(C(=O)O)CCCC(C)C1. The van der Waals surface area contributed by atoms with Gasteiger partial charge in [-0.15, -0.1) is 0 Å². The molecule has 1 aliphatic carbocycles. The van der Waals surface area contributed by atoms with Crippen molar-refractivity contribution >= 4 is 5.97 Å². The van der Waals surface area contributed by atoms with Crippen molar-refractivity contribution in [2.24, 2.45) is 11.3 Å². The molecule has 0 amide bonds. The van der Waals surface area contributed by atoms with E-state index >= 15 is 0 Å². The van der Waals surface area contributed by atoms with Crippen molar-refractivity contribution in [3.8, 4) is 0 Å². The van der Waals surface area contributed by atoms with Crippen LogP contribution in [0.1, 0.15) is 58.8 Å². The van der Waals surface area contributed by atoms with Crippen molar-refractivity contribution in [2.75, 3.05) is 20.1 Å². The lowest BCUT2D eigenvalue weighted by Crippen LogP contribution is -2.45. The molecule has 1 N–H and O–H groups in total. The fourth-order valence-corrected chi connectivity index (χ4v) is 3.29. The van der Waals surface area contributed by atoms with Crippen molar-refractivity contribution in [1.82, 2.24) is 4.90 Å². The molecule has 18 heavy (non-hydrogen) atoms. The molecule has 0 aromatic rings. The molecule has 1 fully saturated rings. The number of carboxylic acids is 1. The highest BCUT2D eigenvalue weighted by atomic mass is 16.4. The third kappa shape index (κ3) is 4.27. The number of carboxylic acid groups (broad SMARTS) is 1. The normalized spacial score (nSPS) is 28.6. The Morgan fingerprint density at radius 3 is 2.72 bits per heavy atom. The summed E-state index contributed by atoms with van der Waals surface area (Å²) in [6.45, 7) is 6.13. The summed E-state index contributed by atoms with van der Waals surface area (Å²) >= 11 is 0. The molecule has 1 saturated carbocycles. The minimum atomic E-state index is -0.587. The van der Waals surface area contributed by atoms with E-state index < -0.39 is 11.4 Å². The first-order chi connectivity index (χ1) is 8.50. The van der Waals surface area contributed by atoms with Gasteiger partial charge in [-0.2, -0.15) is 0 Å². The number of hydrogen-bond acceptors (Lipinski definition) is 2. The van der Waals surface area contributed by atoms with Gasteiger partial charge in [-0.3, -0.25) is 4.79 Å². The molecule has 0 saturated heterocycles. The molecule has 2 atom stereocenters. The monoisotopic (exact) mass is 255 g/mol. The quantitative estimate of drug-likeness (QED) is 0.709. The Hall–Kier alpha value is -0.570. The summed E-state index contributed by atoms with van der Waals surface area (Å²) in [5.74, 6) is -0.0321. The molecule has 0 radical (unpaired) electrons. The Morgan fingerprint density at radius 2 is 2.17 bits per heavy atom. The summed E-state index contributed by atoms with van der Waals surface area (Å²) in [4.78, 5) is 13.9. The van der Waals surface area contributed by atoms with E-state index in [1.807, 2.05) is 0 Å². The Balaban J connectivity index is 2.54. The van der Waals surface area contributed by atoms with E-state index in [1.54, 1.807) is 0 Å². The summed E-state index contributed by atoms with van der Waals surface area (Å²) in [5.41, 5.74) is -0.487. The summed E-state index contributed by atoms with van der Waals surface area (Å²) in [6, 6.07) is 0. The van der Waals surface area contributed by atoms with Gasteiger partial charge in [-0.05, 0) is 38.8 Å². The van der Waals surface area contributed by atoms with Gasteiger partial charge in [0.15, 0.2) is 0 Å². The highest BCUT2D eigenvalue weighted by molar-refractivity contribution is 5.75. The summed E-state index contributed by atoms with van der Waals surface area (Å²) in [6.07, 6.45) is 7.59. The zero-order valence-corrected chi connectivity index (χ0v) is 12.2. The van der Waals surface area contributed by atoms with Gasteiger partial charge >= 0.3 is 5.97 Å². The third-order valence-corrected chi connectivity index (χ3v) is 4.26. The molecule has 106 valence electrons. The molecule has 0 aromatic heterocycles. The number of aliphatic carboxylic acids is 1. The Kier molecular flexibility index (Phi) is 6.13. The highest BCUT2D eigenvalue weighted by Crippen LogP contribution is 2.40. The van der Waals surface area contributed by atoms with Crippen LogP contribution < -0.4 is 0 Å². The second-order valence-electron chi connectivity index (χ2n) is 6.23. The van der Waals surface area contributed by atoms with Gasteiger partial charge in [0.1, 0.15) is 0 Å². The van der Waals surface area contributed by atoms with Gasteiger partial charge in [0, 0.05) is 6.54 Å². The van der Waals surface area contributed by atoms with Crippen LogP contribution in [0.3, 0.4) is 0 Å². The van der Waals surface area contributed by atoms with E-state index in [0.717, 1.165) is 32.4 Å². The number of nitrogens with zero attached hydrogens (tertiary/aromatic N) is 1. The van der Waals surface area contributed by atoms with Crippen LogP contribution >= 0.6 is 0 Å². The van der Waals surface area contributed by atoms with Crippen molar-refractivity contribution in [3.63, 3.8) is 0 Å². The number of hydrogen-bond donors (Lipinski definition) is 1. The predicted molar refractivity (Wildman–Crippen MR) is 74.7 cm³/mol. The average molecular weight is 255 g/mol. The Labute approximate surface area is 112 Å². The van der Waals surface area contributed by atoms with Crippen LogP contribution in [0.2, 0.25) is 0 Å². The van der Waals surface area contributed by atoms with Crippen LogP contribution in [-0.4, -0.2) is 36.1 Å². The number of unbranched alkanes of at least 4 members (excludes halogenated alkanes) is 2. The summed E-state index contributed by atoms with van der Waals surface area (Å²) < 4.78 is 0. The molecule has 0 aliphatic heterocycles. The second kappa shape index (κ2) is 7.13. The lowest BCUT2D eigenvalue weighted by molar-refractivity contribution is -0.153. The van der Waals surface area contributed by atoms with Crippen LogP contribution in [0.25, 0.3) is 0 Å². The Bertz CT molecular complexity index is 267. The summed E-state index contributed by atoms with van der Waals surface area (Å²) in [5, 5.41) is 9.60. The van der Waals surface area contributed by atoms with Crippen LogP contribution in [0, 0.1) is 11.3 Å². The third-order valence-electron chi connectivity index (χ3n) is 4.26. The largest absolute Gasteiger partial charge is 0.481 e. The van der Waals surface area contributed by atoms with Gasteiger partial charge in [0.2, 0.25) is 0 Å². The predicted octanol–water partition coefficient (Wildman–Crippen LogP) is 3.39. The van der Waals surface area contributed by atoms with Gasteiger partial charge in [0.05, 0.1) is 5.41 Å². The van der Waals surface area contributed by atoms with Crippen molar-refractivity contribution in [1.29, 1.82) is 0 Å². The topological polar surface area (TPSA) is 40.5 Å². The zero-order chi connectivity index (χ0) is 13.6. The van der Waals surface area contributed by atoms with E-state index in [9.17, 15) is 9.90 Å². The first-order valence-electron chi connectivity index (χ1n) is 7.42. The number of rotatable bonds is 7. The zero-order valence-electron chi connectivity index (χ0n) is 12.2. The van der Waals surface area contributed by atoms with Gasteiger partial charge in [0.25, 0.3) is 0 Å². The first kappa shape index (κ1) is 15.5. The fraction of sp³-hybridized carbons (Fsp3) is 0.933. The smallest absolute Gasteiger partial charge is 0.310 e. The van der Waals surface area contributed by atoms with Crippen LogP contribution in [-0.2, 0) is 4.79 Å². The van der Waals surface area contributed by atoms with Crippen LogP contribution in [0.5, 0.6) is 0 Å². The molecular weight excluding hydrogens is 226 g/mol. The van der Waals surface area contributed by atoms with Crippen molar-refractivity contribution < 1.29 is 9.90 Å². The summed E-state index contributed by atoms with van der Waals surface area (Å²) in [7, 11) is 2.07. The molecule has 0 bridgehead atoms. The lowest BCUT2D eigenvalue weighted by Gasteiger charge is -2.39. The minimum Gasteiger partial charge on any atom is -0.481 e. The number of carbonyl (C=O) groups is 1. The fourth-order valence-electron chi connectivity index (χ4n) is 3.29. The Morgan fingerprint density at radius 1 is 1.44 bits per heavy atom. The van der Waals surface area contributed by atoms with Crippen LogP contribution in [0.15, 0.2) is 0 Å². The van der Waals surface area contributed by atoms with Gasteiger partial charge in [-0.25, -0.2) is 0 Å². The molecule has 0 spiro atoms. The first-order valence-corrected chi connectivity index (χ1v) is 7.42. The molecule has 0 heterocycles. The van der Waals surface area contributed by atoms with Crippen molar-refractivity contribution in [2.45, 2.75) is 58.8 Å². The van der Waals surface area contributed by atoms with Gasteiger partial charge in [-0.1, -0.05) is 39.5 Å². The van der Waals surface area contributed by atoms with E-state index in [-0.39, 0.29) is 0 Å². The molecule has 3 nitrogen and oxygen atoms in total.